The Kier molecular flexibility index (Phi) is 3.92. The second-order valence-corrected chi connectivity index (χ2v) is 7.14. The van der Waals surface area contributed by atoms with Gasteiger partial charge in [-0.05, 0) is 51.8 Å². The quantitative estimate of drug-likeness (QED) is 0.791. The number of aromatic amines is 1. The lowest BCUT2D eigenvalue weighted by molar-refractivity contribution is 0.0203. The molecule has 3 N–H and O–H groups in total. The van der Waals surface area contributed by atoms with Crippen LogP contribution in [0.1, 0.15) is 45.4 Å². The summed E-state index contributed by atoms with van der Waals surface area (Å²) in [4.78, 5) is 21.9. The van der Waals surface area contributed by atoms with Crippen molar-refractivity contribution in [2.24, 2.45) is 0 Å². The van der Waals surface area contributed by atoms with Crippen molar-refractivity contribution in [2.45, 2.75) is 45.1 Å². The van der Waals surface area contributed by atoms with E-state index in [2.05, 4.69) is 9.97 Å². The van der Waals surface area contributed by atoms with Gasteiger partial charge in [0, 0.05) is 24.7 Å². The van der Waals surface area contributed by atoms with Crippen LogP contribution in [0.3, 0.4) is 0 Å². The molecule has 1 fully saturated rings. The molecule has 124 valence electrons. The minimum atomic E-state index is -0.452. The third kappa shape index (κ3) is 3.57. The van der Waals surface area contributed by atoms with E-state index in [-0.39, 0.29) is 6.09 Å². The van der Waals surface area contributed by atoms with Gasteiger partial charge >= 0.3 is 6.09 Å². The minimum absolute atomic E-state index is 0.228. The van der Waals surface area contributed by atoms with E-state index in [9.17, 15) is 4.79 Å². The van der Waals surface area contributed by atoms with Crippen molar-refractivity contribution in [3.63, 3.8) is 0 Å². The summed E-state index contributed by atoms with van der Waals surface area (Å²) in [5, 5.41) is 0. The average Bonchev–Trinajstić information content (AvgIpc) is 2.88. The number of hydrogen-bond acceptors (Lipinski definition) is 4. The first-order valence-electron chi connectivity index (χ1n) is 8.05. The Morgan fingerprint density at radius 2 is 2.04 bits per heavy atom. The Balaban J connectivity index is 1.65. The summed E-state index contributed by atoms with van der Waals surface area (Å²) >= 11 is 0. The van der Waals surface area contributed by atoms with Crippen LogP contribution in [0.2, 0.25) is 0 Å². The number of anilines is 1. The molecule has 0 radical (unpaired) electrons. The van der Waals surface area contributed by atoms with Crippen molar-refractivity contribution in [2.75, 3.05) is 18.8 Å². The number of nitrogens with zero attached hydrogens (tertiary/aromatic N) is 2. The molecule has 0 unspecified atom stereocenters. The molecule has 1 saturated heterocycles. The number of fused-ring (bicyclic) bond motifs is 1. The van der Waals surface area contributed by atoms with Crippen LogP contribution in [0.15, 0.2) is 18.2 Å². The SMILES string of the molecule is CC(C)(C)OC(=O)N1CCC(c2nc3ccc(N)cc3[nH]2)CC1. The third-order valence-electron chi connectivity index (χ3n) is 4.06. The van der Waals surface area contributed by atoms with E-state index in [4.69, 9.17) is 10.5 Å². The fourth-order valence-corrected chi connectivity index (χ4v) is 2.90. The molecule has 6 heteroatoms. The second-order valence-electron chi connectivity index (χ2n) is 7.14. The molecule has 23 heavy (non-hydrogen) atoms. The standard InChI is InChI=1S/C17H24N4O2/c1-17(2,3)23-16(22)21-8-6-11(7-9-21)15-19-13-5-4-12(18)10-14(13)20-15/h4-5,10-11H,6-9,18H2,1-3H3,(H,19,20). The Bertz CT molecular complexity index is 709. The number of nitrogens with two attached hydrogens (primary N) is 1. The maximum absolute atomic E-state index is 12.1. The number of piperidine rings is 1. The number of H-pyrrole nitrogens is 1. The lowest BCUT2D eigenvalue weighted by Gasteiger charge is -2.32. The minimum Gasteiger partial charge on any atom is -0.444 e. The zero-order chi connectivity index (χ0) is 16.6. The van der Waals surface area contributed by atoms with E-state index in [1.54, 1.807) is 4.90 Å². The van der Waals surface area contributed by atoms with Gasteiger partial charge in [-0.2, -0.15) is 0 Å². The number of rotatable bonds is 1. The van der Waals surface area contributed by atoms with Crippen molar-refractivity contribution in [1.29, 1.82) is 0 Å². The highest BCUT2D eigenvalue weighted by atomic mass is 16.6. The first-order chi connectivity index (χ1) is 10.8. The Morgan fingerprint density at radius 3 is 2.70 bits per heavy atom. The zero-order valence-electron chi connectivity index (χ0n) is 13.9. The van der Waals surface area contributed by atoms with Crippen LogP contribution >= 0.6 is 0 Å². The highest BCUT2D eigenvalue weighted by molar-refractivity contribution is 5.78. The number of nitrogens with one attached hydrogen (secondary N) is 1. The van der Waals surface area contributed by atoms with Crippen molar-refractivity contribution in [3.05, 3.63) is 24.0 Å². The predicted molar refractivity (Wildman–Crippen MR) is 90.3 cm³/mol. The van der Waals surface area contributed by atoms with Gasteiger partial charge in [0.2, 0.25) is 0 Å². The molecule has 1 amide bonds. The van der Waals surface area contributed by atoms with Gasteiger partial charge in [0.25, 0.3) is 0 Å². The molecule has 3 rings (SSSR count). The molecule has 0 saturated carbocycles. The number of aromatic nitrogens is 2. The van der Waals surface area contributed by atoms with Crippen molar-refractivity contribution in [1.82, 2.24) is 14.9 Å². The number of hydrogen-bond donors (Lipinski definition) is 2. The summed E-state index contributed by atoms with van der Waals surface area (Å²) in [7, 11) is 0. The summed E-state index contributed by atoms with van der Waals surface area (Å²) < 4.78 is 5.43. The first-order valence-corrected chi connectivity index (χ1v) is 8.05. The van der Waals surface area contributed by atoms with Gasteiger partial charge in [-0.25, -0.2) is 9.78 Å². The maximum atomic E-state index is 12.1. The number of carbonyl (C=O) groups excluding carboxylic acids is 1. The average molecular weight is 316 g/mol. The lowest BCUT2D eigenvalue weighted by atomic mass is 9.96. The predicted octanol–water partition coefficient (Wildman–Crippen LogP) is 3.26. The van der Waals surface area contributed by atoms with E-state index >= 15 is 0 Å². The van der Waals surface area contributed by atoms with Gasteiger partial charge in [0.15, 0.2) is 0 Å². The lowest BCUT2D eigenvalue weighted by Crippen LogP contribution is -2.41. The van der Waals surface area contributed by atoms with Crippen molar-refractivity contribution >= 4 is 22.8 Å². The fourth-order valence-electron chi connectivity index (χ4n) is 2.90. The monoisotopic (exact) mass is 316 g/mol. The Morgan fingerprint density at radius 1 is 1.35 bits per heavy atom. The fraction of sp³-hybridized carbons (Fsp3) is 0.529. The van der Waals surface area contributed by atoms with Crippen LogP contribution in [0.4, 0.5) is 10.5 Å². The topological polar surface area (TPSA) is 84.2 Å². The van der Waals surface area contributed by atoms with Crippen molar-refractivity contribution < 1.29 is 9.53 Å². The van der Waals surface area contributed by atoms with Gasteiger partial charge < -0.3 is 20.4 Å². The van der Waals surface area contributed by atoms with E-state index < -0.39 is 5.60 Å². The molecule has 1 aromatic heterocycles. The van der Waals surface area contributed by atoms with Crippen LogP contribution in [0, 0.1) is 0 Å². The summed E-state index contributed by atoms with van der Waals surface area (Å²) in [6.45, 7) is 7.05. The molecule has 0 spiro atoms. The highest BCUT2D eigenvalue weighted by Gasteiger charge is 2.28. The molecule has 0 aliphatic carbocycles. The van der Waals surface area contributed by atoms with E-state index in [0.29, 0.717) is 19.0 Å². The number of carbonyl (C=O) groups is 1. The number of benzene rings is 1. The molecule has 2 heterocycles. The molecule has 0 atom stereocenters. The van der Waals surface area contributed by atoms with Gasteiger partial charge in [0.05, 0.1) is 11.0 Å². The van der Waals surface area contributed by atoms with Crippen LogP contribution in [-0.4, -0.2) is 39.7 Å². The Labute approximate surface area is 136 Å². The number of nitrogen functional groups attached to an aromatic ring is 1. The van der Waals surface area contributed by atoms with E-state index in [0.717, 1.165) is 35.4 Å². The molecule has 2 aromatic rings. The van der Waals surface area contributed by atoms with Crippen LogP contribution in [-0.2, 0) is 4.74 Å². The summed E-state index contributed by atoms with van der Waals surface area (Å²) in [5.41, 5.74) is 7.99. The summed E-state index contributed by atoms with van der Waals surface area (Å²) in [5.74, 6) is 1.32. The summed E-state index contributed by atoms with van der Waals surface area (Å²) in [6, 6.07) is 5.69. The van der Waals surface area contributed by atoms with Gasteiger partial charge in [-0.3, -0.25) is 0 Å². The van der Waals surface area contributed by atoms with E-state index in [1.807, 2.05) is 39.0 Å². The molecule has 0 bridgehead atoms. The Hall–Kier alpha value is -2.24. The normalized spacial score (nSPS) is 16.7. The molecular formula is C17H24N4O2. The van der Waals surface area contributed by atoms with Crippen LogP contribution in [0.25, 0.3) is 11.0 Å². The van der Waals surface area contributed by atoms with E-state index in [1.165, 1.54) is 0 Å². The second kappa shape index (κ2) is 5.76. The van der Waals surface area contributed by atoms with Gasteiger partial charge in [-0.15, -0.1) is 0 Å². The number of amides is 1. The van der Waals surface area contributed by atoms with Crippen molar-refractivity contribution in [3.8, 4) is 0 Å². The molecule has 1 aliphatic rings. The summed E-state index contributed by atoms with van der Waals surface area (Å²) in [6.07, 6.45) is 1.54. The number of ether oxygens (including phenoxy) is 1. The van der Waals surface area contributed by atoms with Gasteiger partial charge in [0.1, 0.15) is 11.4 Å². The number of likely N-dealkylation sites (tertiary alicyclic amines) is 1. The van der Waals surface area contributed by atoms with Crippen LogP contribution in [0.5, 0.6) is 0 Å². The molecule has 1 aromatic carbocycles. The smallest absolute Gasteiger partial charge is 0.410 e. The largest absolute Gasteiger partial charge is 0.444 e. The maximum Gasteiger partial charge on any atom is 0.410 e. The molecule has 6 nitrogen and oxygen atoms in total. The van der Waals surface area contributed by atoms with Gasteiger partial charge in [-0.1, -0.05) is 0 Å². The third-order valence-corrected chi connectivity index (χ3v) is 4.06. The zero-order valence-corrected chi connectivity index (χ0v) is 13.9. The molecule has 1 aliphatic heterocycles. The number of imidazole rings is 1. The first kappa shape index (κ1) is 15.6. The van der Waals surface area contributed by atoms with Crippen LogP contribution < -0.4 is 5.73 Å². The molecular weight excluding hydrogens is 292 g/mol. The highest BCUT2D eigenvalue weighted by Crippen LogP contribution is 2.28.